The fourth-order valence-corrected chi connectivity index (χ4v) is 3.83. The van der Waals surface area contributed by atoms with Crippen molar-refractivity contribution in [3.8, 4) is 5.75 Å². The predicted octanol–water partition coefficient (Wildman–Crippen LogP) is 4.22. The first-order valence-corrected chi connectivity index (χ1v) is 10.6. The Kier molecular flexibility index (Phi) is 6.71. The number of para-hydroxylation sites is 1. The molecule has 0 aliphatic rings. The van der Waals surface area contributed by atoms with Crippen LogP contribution in [0.1, 0.15) is 15.9 Å². The number of hydrogen-bond donors (Lipinski definition) is 2. The summed E-state index contributed by atoms with van der Waals surface area (Å²) in [5.41, 5.74) is 0.579. The van der Waals surface area contributed by atoms with Crippen LogP contribution in [0.15, 0.2) is 71.6 Å². The minimum atomic E-state index is -3.98. The number of hydrogen-bond acceptors (Lipinski definition) is 4. The molecule has 0 saturated carbocycles. The van der Waals surface area contributed by atoms with Gasteiger partial charge in [-0.25, -0.2) is 17.5 Å². The lowest BCUT2D eigenvalue weighted by atomic mass is 10.2. The highest BCUT2D eigenvalue weighted by atomic mass is 35.5. The van der Waals surface area contributed by atoms with Crippen LogP contribution in [0.4, 0.5) is 10.1 Å². The van der Waals surface area contributed by atoms with Gasteiger partial charge in [-0.3, -0.25) is 4.79 Å². The van der Waals surface area contributed by atoms with E-state index in [2.05, 4.69) is 10.0 Å². The van der Waals surface area contributed by atoms with Crippen molar-refractivity contribution in [1.29, 1.82) is 0 Å². The van der Waals surface area contributed by atoms with Crippen molar-refractivity contribution in [2.75, 3.05) is 12.4 Å². The molecule has 0 spiro atoms. The summed E-state index contributed by atoms with van der Waals surface area (Å²) in [6, 6.07) is 16.3. The molecule has 0 aliphatic heterocycles. The molecule has 6 nitrogen and oxygen atoms in total. The third-order valence-electron chi connectivity index (χ3n) is 4.24. The van der Waals surface area contributed by atoms with Gasteiger partial charge in [0.05, 0.1) is 28.3 Å². The Morgan fingerprint density at radius 1 is 1.07 bits per heavy atom. The van der Waals surface area contributed by atoms with Crippen molar-refractivity contribution >= 4 is 33.2 Å². The number of anilines is 1. The Labute approximate surface area is 178 Å². The Hall–Kier alpha value is -2.94. The summed E-state index contributed by atoms with van der Waals surface area (Å²) in [6.45, 7) is 0.0187. The van der Waals surface area contributed by atoms with Crippen LogP contribution >= 0.6 is 11.6 Å². The zero-order chi connectivity index (χ0) is 21.7. The number of ether oxygens (including phenoxy) is 1. The molecule has 3 rings (SSSR count). The number of benzene rings is 3. The summed E-state index contributed by atoms with van der Waals surface area (Å²) in [7, 11) is -2.45. The maximum atomic E-state index is 14.2. The molecule has 30 heavy (non-hydrogen) atoms. The Morgan fingerprint density at radius 2 is 1.77 bits per heavy atom. The Bertz CT molecular complexity index is 1170. The van der Waals surface area contributed by atoms with Crippen molar-refractivity contribution in [1.82, 2.24) is 4.72 Å². The van der Waals surface area contributed by atoms with Crippen molar-refractivity contribution < 1.29 is 22.3 Å². The summed E-state index contributed by atoms with van der Waals surface area (Å²) >= 11 is 6.00. The highest BCUT2D eigenvalue weighted by Crippen LogP contribution is 2.23. The monoisotopic (exact) mass is 448 g/mol. The van der Waals surface area contributed by atoms with E-state index in [9.17, 15) is 17.6 Å². The number of carbonyl (C=O) groups is 1. The van der Waals surface area contributed by atoms with E-state index < -0.39 is 27.3 Å². The molecule has 3 aromatic carbocycles. The topological polar surface area (TPSA) is 84.5 Å². The minimum Gasteiger partial charge on any atom is -0.497 e. The van der Waals surface area contributed by atoms with Crippen LogP contribution in [0, 0.1) is 5.82 Å². The molecule has 1 amide bonds. The molecular weight excluding hydrogens is 431 g/mol. The van der Waals surface area contributed by atoms with Crippen molar-refractivity contribution in [3.63, 3.8) is 0 Å². The average Bonchev–Trinajstić information content (AvgIpc) is 2.74. The lowest BCUT2D eigenvalue weighted by molar-refractivity contribution is 0.102. The number of rotatable bonds is 7. The smallest absolute Gasteiger partial charge is 0.258 e. The van der Waals surface area contributed by atoms with E-state index in [0.717, 1.165) is 18.2 Å². The standard InChI is InChI=1S/C21H18ClFN2O4S/c1-29-15-8-6-14(7-9-15)13-24-30(27,28)16-10-11-19(23)17(12-16)21(26)25-20-5-3-2-4-18(20)22/h2-12,24H,13H2,1H3,(H,25,26). The number of halogens is 2. The Morgan fingerprint density at radius 3 is 2.43 bits per heavy atom. The first-order chi connectivity index (χ1) is 14.3. The van der Waals surface area contributed by atoms with E-state index in [1.54, 1.807) is 48.5 Å². The molecule has 2 N–H and O–H groups in total. The number of nitrogens with one attached hydrogen (secondary N) is 2. The lowest BCUT2D eigenvalue weighted by Crippen LogP contribution is -2.24. The fourth-order valence-electron chi connectivity index (χ4n) is 2.60. The summed E-state index contributed by atoms with van der Waals surface area (Å²) in [5, 5.41) is 2.75. The van der Waals surface area contributed by atoms with Crippen LogP contribution in [-0.4, -0.2) is 21.4 Å². The van der Waals surface area contributed by atoms with Crippen LogP contribution in [0.25, 0.3) is 0 Å². The second-order valence-electron chi connectivity index (χ2n) is 6.25. The molecule has 3 aromatic rings. The van der Waals surface area contributed by atoms with Gasteiger partial charge in [-0.1, -0.05) is 35.9 Å². The second kappa shape index (κ2) is 9.25. The number of sulfonamides is 1. The summed E-state index contributed by atoms with van der Waals surface area (Å²) in [5.74, 6) is -1.02. The van der Waals surface area contributed by atoms with Crippen LogP contribution in [-0.2, 0) is 16.6 Å². The van der Waals surface area contributed by atoms with E-state index in [1.165, 1.54) is 7.11 Å². The molecular formula is C21H18ClFN2O4S. The van der Waals surface area contributed by atoms with E-state index in [1.807, 2.05) is 0 Å². The van der Waals surface area contributed by atoms with Gasteiger partial charge in [0.15, 0.2) is 0 Å². The third-order valence-corrected chi connectivity index (χ3v) is 5.97. The molecule has 0 saturated heterocycles. The maximum absolute atomic E-state index is 14.2. The molecule has 0 unspecified atom stereocenters. The largest absolute Gasteiger partial charge is 0.497 e. The first kappa shape index (κ1) is 21.8. The normalized spacial score (nSPS) is 11.2. The average molecular weight is 449 g/mol. The van der Waals surface area contributed by atoms with Gasteiger partial charge in [-0.15, -0.1) is 0 Å². The number of methoxy groups -OCH3 is 1. The quantitative estimate of drug-likeness (QED) is 0.566. The molecule has 0 radical (unpaired) electrons. The number of carbonyl (C=O) groups excluding carboxylic acids is 1. The zero-order valence-electron chi connectivity index (χ0n) is 15.9. The zero-order valence-corrected chi connectivity index (χ0v) is 17.4. The molecule has 0 heterocycles. The van der Waals surface area contributed by atoms with Crippen LogP contribution in [0.2, 0.25) is 5.02 Å². The van der Waals surface area contributed by atoms with Crippen molar-refractivity contribution in [2.24, 2.45) is 0 Å². The maximum Gasteiger partial charge on any atom is 0.258 e. The van der Waals surface area contributed by atoms with Gasteiger partial charge < -0.3 is 10.1 Å². The van der Waals surface area contributed by atoms with Gasteiger partial charge in [0, 0.05) is 6.54 Å². The van der Waals surface area contributed by atoms with Crippen molar-refractivity contribution in [2.45, 2.75) is 11.4 Å². The summed E-state index contributed by atoms with van der Waals surface area (Å²) in [6.07, 6.45) is 0. The third kappa shape index (κ3) is 5.15. The van der Waals surface area contributed by atoms with Crippen molar-refractivity contribution in [3.05, 3.63) is 88.7 Å². The van der Waals surface area contributed by atoms with Crippen LogP contribution in [0.5, 0.6) is 5.75 Å². The SMILES string of the molecule is COc1ccc(CNS(=O)(=O)c2ccc(F)c(C(=O)Nc3ccccc3Cl)c2)cc1. The molecule has 0 aliphatic carbocycles. The molecule has 9 heteroatoms. The molecule has 156 valence electrons. The van der Waals surface area contributed by atoms with E-state index in [-0.39, 0.29) is 22.2 Å². The first-order valence-electron chi connectivity index (χ1n) is 8.78. The number of amides is 1. The van der Waals surface area contributed by atoms with Gasteiger partial charge in [-0.05, 0) is 48.0 Å². The second-order valence-corrected chi connectivity index (χ2v) is 8.42. The molecule has 0 aromatic heterocycles. The highest BCUT2D eigenvalue weighted by molar-refractivity contribution is 7.89. The molecule has 0 fully saturated rings. The lowest BCUT2D eigenvalue weighted by Gasteiger charge is -2.11. The fraction of sp³-hybridized carbons (Fsp3) is 0.0952. The highest BCUT2D eigenvalue weighted by Gasteiger charge is 2.20. The van der Waals surface area contributed by atoms with Crippen LogP contribution < -0.4 is 14.8 Å². The van der Waals surface area contributed by atoms with Gasteiger partial charge in [0.2, 0.25) is 10.0 Å². The Balaban J connectivity index is 1.78. The molecule has 0 bridgehead atoms. The minimum absolute atomic E-state index is 0.0187. The van der Waals surface area contributed by atoms with E-state index in [0.29, 0.717) is 11.3 Å². The van der Waals surface area contributed by atoms with Gasteiger partial charge >= 0.3 is 0 Å². The summed E-state index contributed by atoms with van der Waals surface area (Å²) in [4.78, 5) is 12.2. The van der Waals surface area contributed by atoms with Crippen LogP contribution in [0.3, 0.4) is 0 Å². The van der Waals surface area contributed by atoms with Gasteiger partial charge in [0.1, 0.15) is 11.6 Å². The van der Waals surface area contributed by atoms with Gasteiger partial charge in [-0.2, -0.15) is 0 Å². The molecule has 0 atom stereocenters. The van der Waals surface area contributed by atoms with Gasteiger partial charge in [0.25, 0.3) is 5.91 Å². The summed E-state index contributed by atoms with van der Waals surface area (Å²) < 4.78 is 46.9. The predicted molar refractivity (Wildman–Crippen MR) is 113 cm³/mol. The van der Waals surface area contributed by atoms with E-state index >= 15 is 0 Å². The van der Waals surface area contributed by atoms with E-state index in [4.69, 9.17) is 16.3 Å².